The molecule has 0 aromatic heterocycles. The fraction of sp³-hybridized carbons (Fsp3) is 0.447. The molecule has 3 aromatic rings. The summed E-state index contributed by atoms with van der Waals surface area (Å²) in [5.41, 5.74) is 12.2. The minimum absolute atomic E-state index is 0.140. The fourth-order valence-electron chi connectivity index (χ4n) is 6.41. The van der Waals surface area contributed by atoms with Crippen LogP contribution < -0.4 is 0 Å². The van der Waals surface area contributed by atoms with E-state index in [4.69, 9.17) is 42.6 Å². The number of fused-ring (bicyclic) bond motifs is 2. The van der Waals surface area contributed by atoms with E-state index in [9.17, 15) is 10.3 Å². The molecule has 0 amide bonds. The lowest BCUT2D eigenvalue weighted by molar-refractivity contribution is -0.350. The lowest BCUT2D eigenvalue weighted by atomic mass is 9.96. The molecule has 0 unspecified atom stereocenters. The summed E-state index contributed by atoms with van der Waals surface area (Å²) in [6, 6.07) is 28.3. The van der Waals surface area contributed by atoms with Crippen LogP contribution in [0.1, 0.15) is 23.6 Å². The molecule has 3 saturated heterocycles. The number of carbonyl (C=O) groups is 1. The van der Waals surface area contributed by atoms with Crippen LogP contribution in [0.3, 0.4) is 0 Å². The first-order valence-electron chi connectivity index (χ1n) is 17.0. The highest BCUT2D eigenvalue weighted by molar-refractivity contribution is 5.65. The van der Waals surface area contributed by atoms with Gasteiger partial charge in [-0.2, -0.15) is 0 Å². The highest BCUT2D eigenvalue weighted by Gasteiger charge is 2.56. The number of carbonyl (C=O) groups excluding carboxylic acids is 1. The summed E-state index contributed by atoms with van der Waals surface area (Å²) in [6.07, 6.45) is -5.73. The van der Waals surface area contributed by atoms with Crippen molar-refractivity contribution in [2.45, 2.75) is 88.1 Å². The van der Waals surface area contributed by atoms with E-state index in [1.54, 1.807) is 6.08 Å². The van der Waals surface area contributed by atoms with Gasteiger partial charge < -0.3 is 42.6 Å². The van der Waals surface area contributed by atoms with Gasteiger partial charge in [0, 0.05) is 11.8 Å². The lowest BCUT2D eigenvalue weighted by Gasteiger charge is -2.48. The molecule has 0 saturated carbocycles. The van der Waals surface area contributed by atoms with Crippen molar-refractivity contribution in [3.63, 3.8) is 0 Å². The van der Waals surface area contributed by atoms with Crippen LogP contribution in [0.5, 0.6) is 0 Å². The predicted octanol–water partition coefficient (Wildman–Crippen LogP) is 5.42. The summed E-state index contributed by atoms with van der Waals surface area (Å²) in [4.78, 5) is 15.1. The minimum Gasteiger partial charge on any atom is -0.463 e. The molecule has 13 heteroatoms. The molecule has 6 rings (SSSR count). The van der Waals surface area contributed by atoms with Crippen molar-refractivity contribution in [1.82, 2.24) is 0 Å². The second-order valence-corrected chi connectivity index (χ2v) is 12.4. The maximum atomic E-state index is 12.1. The van der Waals surface area contributed by atoms with Gasteiger partial charge in [-0.1, -0.05) is 102 Å². The number of hydrogen-bond acceptors (Lipinski definition) is 11. The molecule has 0 aliphatic carbocycles. The first kappa shape index (κ1) is 36.6. The number of nitrogens with zero attached hydrogens (tertiary/aromatic N) is 3. The highest BCUT2D eigenvalue weighted by atomic mass is 16.8. The van der Waals surface area contributed by atoms with Crippen LogP contribution in [0.25, 0.3) is 10.4 Å². The highest BCUT2D eigenvalue weighted by Crippen LogP contribution is 2.38. The molecule has 10 atom stereocenters. The lowest BCUT2D eigenvalue weighted by Crippen LogP contribution is -2.64. The van der Waals surface area contributed by atoms with Crippen LogP contribution in [0.15, 0.2) is 109 Å². The standard InChI is InChI=1S/C38H43N3O10/c1-3-19-43-34-31(40-41-39)37-48-24-30(49-37)33(34)51-38-36(47-22-28-17-11-6-12-18-28)35(46-21-27-15-9-5-10-16-27)32(29(50-38)23-44-25(2)42)45-20-26-13-7-4-8-14-26/h3-18,29-38H,1,19-24H2,2H3/t29-,30-,31-,32-,33-,34-,35+,36+,37-,38+/m1/s1. The zero-order valence-corrected chi connectivity index (χ0v) is 28.4. The van der Waals surface area contributed by atoms with Gasteiger partial charge in [0.25, 0.3) is 0 Å². The Morgan fingerprint density at radius 2 is 1.37 bits per heavy atom. The largest absolute Gasteiger partial charge is 0.463 e. The quantitative estimate of drug-likeness (QED) is 0.0587. The van der Waals surface area contributed by atoms with Gasteiger partial charge in [-0.25, -0.2) is 0 Å². The molecular weight excluding hydrogens is 658 g/mol. The third-order valence-corrected chi connectivity index (χ3v) is 8.82. The second-order valence-electron chi connectivity index (χ2n) is 12.4. The molecule has 51 heavy (non-hydrogen) atoms. The average Bonchev–Trinajstić information content (AvgIpc) is 3.60. The molecule has 270 valence electrons. The zero-order chi connectivity index (χ0) is 35.4. The van der Waals surface area contributed by atoms with E-state index in [-0.39, 0.29) is 39.6 Å². The van der Waals surface area contributed by atoms with Gasteiger partial charge in [0.05, 0.1) is 33.0 Å². The van der Waals surface area contributed by atoms with Gasteiger partial charge in [-0.15, -0.1) is 6.58 Å². The van der Waals surface area contributed by atoms with Gasteiger partial charge in [0.2, 0.25) is 0 Å². The number of benzene rings is 3. The Hall–Kier alpha value is -4.14. The normalized spacial score (nSPS) is 29.9. The maximum absolute atomic E-state index is 12.1. The van der Waals surface area contributed by atoms with Crippen molar-refractivity contribution in [3.8, 4) is 0 Å². The number of hydrogen-bond donors (Lipinski definition) is 0. The summed E-state index contributed by atoms with van der Waals surface area (Å²) in [7, 11) is 0. The van der Waals surface area contributed by atoms with Crippen molar-refractivity contribution in [2.24, 2.45) is 5.11 Å². The van der Waals surface area contributed by atoms with E-state index >= 15 is 0 Å². The first-order chi connectivity index (χ1) is 25.0. The van der Waals surface area contributed by atoms with Crippen molar-refractivity contribution in [3.05, 3.63) is 131 Å². The van der Waals surface area contributed by atoms with Crippen LogP contribution >= 0.6 is 0 Å². The van der Waals surface area contributed by atoms with Crippen molar-refractivity contribution in [2.75, 3.05) is 19.8 Å². The summed E-state index contributed by atoms with van der Waals surface area (Å²) in [5.74, 6) is -0.480. The van der Waals surface area contributed by atoms with Crippen molar-refractivity contribution >= 4 is 5.97 Å². The van der Waals surface area contributed by atoms with E-state index in [0.717, 1.165) is 16.7 Å². The molecule has 3 aliphatic heterocycles. The van der Waals surface area contributed by atoms with E-state index in [1.165, 1.54) is 6.92 Å². The Bertz CT molecular complexity index is 1580. The average molecular weight is 702 g/mol. The monoisotopic (exact) mass is 701 g/mol. The van der Waals surface area contributed by atoms with Gasteiger partial charge in [0.15, 0.2) is 12.6 Å². The Kier molecular flexibility index (Phi) is 13.2. The predicted molar refractivity (Wildman–Crippen MR) is 183 cm³/mol. The van der Waals surface area contributed by atoms with Crippen LogP contribution in [-0.2, 0) is 67.2 Å². The molecule has 3 aromatic carbocycles. The summed E-state index contributed by atoms with van der Waals surface area (Å²) < 4.78 is 57.1. The van der Waals surface area contributed by atoms with Gasteiger partial charge >= 0.3 is 5.97 Å². The zero-order valence-electron chi connectivity index (χ0n) is 28.4. The third kappa shape index (κ3) is 9.60. The maximum Gasteiger partial charge on any atom is 0.302 e. The van der Waals surface area contributed by atoms with Gasteiger partial charge in [-0.3, -0.25) is 4.79 Å². The Balaban J connectivity index is 1.37. The fourth-order valence-corrected chi connectivity index (χ4v) is 6.41. The van der Waals surface area contributed by atoms with Crippen molar-refractivity contribution < 1.29 is 47.4 Å². The summed E-state index contributed by atoms with van der Waals surface area (Å²) >= 11 is 0. The third-order valence-electron chi connectivity index (χ3n) is 8.82. The second kappa shape index (κ2) is 18.4. The summed E-state index contributed by atoms with van der Waals surface area (Å²) in [6.45, 7) is 5.97. The topological polar surface area (TPSA) is 149 Å². The van der Waals surface area contributed by atoms with Crippen molar-refractivity contribution in [1.29, 1.82) is 0 Å². The van der Waals surface area contributed by atoms with Crippen LogP contribution in [0.4, 0.5) is 0 Å². The Labute approximate surface area is 296 Å². The van der Waals surface area contributed by atoms with E-state index in [2.05, 4.69) is 16.6 Å². The number of esters is 1. The van der Waals surface area contributed by atoms with Crippen LogP contribution in [0, 0.1) is 0 Å². The van der Waals surface area contributed by atoms with Gasteiger partial charge in [-0.05, 0) is 22.2 Å². The Morgan fingerprint density at radius 1 is 0.804 bits per heavy atom. The first-order valence-corrected chi connectivity index (χ1v) is 17.0. The van der Waals surface area contributed by atoms with E-state index < -0.39 is 67.3 Å². The summed E-state index contributed by atoms with van der Waals surface area (Å²) in [5, 5.41) is 3.96. The molecule has 0 N–H and O–H groups in total. The van der Waals surface area contributed by atoms with Crippen LogP contribution in [-0.4, -0.2) is 87.1 Å². The molecule has 3 heterocycles. The molecule has 3 fully saturated rings. The number of rotatable bonds is 17. The van der Waals surface area contributed by atoms with Crippen LogP contribution in [0.2, 0.25) is 0 Å². The molecular formula is C38H43N3O10. The molecule has 3 aliphatic rings. The Morgan fingerprint density at radius 3 is 1.92 bits per heavy atom. The van der Waals surface area contributed by atoms with Gasteiger partial charge in [0.1, 0.15) is 55.4 Å². The van der Waals surface area contributed by atoms with E-state index in [1.807, 2.05) is 91.0 Å². The molecule has 0 spiro atoms. The smallest absolute Gasteiger partial charge is 0.302 e. The van der Waals surface area contributed by atoms with E-state index in [0.29, 0.717) is 0 Å². The molecule has 13 nitrogen and oxygen atoms in total. The minimum atomic E-state index is -1.11. The number of azide groups is 1. The number of ether oxygens (including phenoxy) is 9. The molecule has 0 radical (unpaired) electrons. The molecule has 2 bridgehead atoms. The SMILES string of the molecule is C=CCO[C@@H]1[C@@H](N=[N+]=[N-])[C@@H]2OC[C@@H](O2)[C@H]1O[C@@H]1O[C@H](COC(C)=O)[C@@H](OCc2ccccc2)[C@H](OCc2ccccc2)[C@@H]1OCc1ccccc1.